The van der Waals surface area contributed by atoms with Crippen molar-refractivity contribution in [2.75, 3.05) is 7.11 Å². The van der Waals surface area contributed by atoms with Crippen LogP contribution in [0.1, 0.15) is 16.8 Å². The van der Waals surface area contributed by atoms with Gasteiger partial charge in [0.25, 0.3) is 0 Å². The number of rotatable bonds is 3. The van der Waals surface area contributed by atoms with Crippen molar-refractivity contribution in [1.29, 1.82) is 0 Å². The third-order valence-corrected chi connectivity index (χ3v) is 2.55. The molecule has 0 spiro atoms. The maximum atomic E-state index is 5.11. The van der Waals surface area contributed by atoms with Crippen LogP contribution in [0.5, 0.6) is 5.75 Å². The second-order valence-electron chi connectivity index (χ2n) is 4.18. The first-order chi connectivity index (χ1) is 8.67. The minimum absolute atomic E-state index is 0.739. The van der Waals surface area contributed by atoms with Crippen molar-refractivity contribution in [3.8, 4) is 5.75 Å². The van der Waals surface area contributed by atoms with Crippen LogP contribution in [-0.4, -0.2) is 18.3 Å². The Balaban J connectivity index is 2.18. The van der Waals surface area contributed by atoms with Crippen LogP contribution in [0.3, 0.4) is 0 Å². The third-order valence-electron chi connectivity index (χ3n) is 2.55. The van der Waals surface area contributed by atoms with Crippen molar-refractivity contribution in [1.82, 2.24) is 4.98 Å². The Morgan fingerprint density at radius 3 is 2.44 bits per heavy atom. The number of pyridine rings is 1. The second-order valence-corrected chi connectivity index (χ2v) is 4.18. The largest absolute Gasteiger partial charge is 0.497 e. The molecule has 1 aromatic carbocycles. The number of aromatic nitrogens is 1. The smallest absolute Gasteiger partial charge is 0.152 e. The first kappa shape index (κ1) is 12.3. The number of aliphatic imine (C=N–C) groups is 1. The van der Waals surface area contributed by atoms with Crippen LogP contribution in [-0.2, 0) is 0 Å². The molecule has 2 rings (SSSR count). The van der Waals surface area contributed by atoms with Crippen LogP contribution in [0.25, 0.3) is 0 Å². The molecule has 0 amide bonds. The van der Waals surface area contributed by atoms with E-state index in [1.165, 1.54) is 5.56 Å². The monoisotopic (exact) mass is 240 g/mol. The molecular weight excluding hydrogens is 224 g/mol. The maximum absolute atomic E-state index is 5.11. The van der Waals surface area contributed by atoms with Crippen LogP contribution < -0.4 is 4.74 Å². The third kappa shape index (κ3) is 3.17. The minimum atomic E-state index is 0.739. The van der Waals surface area contributed by atoms with Gasteiger partial charge in [0.05, 0.1) is 7.11 Å². The van der Waals surface area contributed by atoms with Crippen LogP contribution in [0.15, 0.2) is 41.4 Å². The number of nitrogens with zero attached hydrogens (tertiary/aromatic N) is 2. The van der Waals surface area contributed by atoms with Gasteiger partial charge in [0.1, 0.15) is 5.75 Å². The molecule has 0 aliphatic heterocycles. The van der Waals surface area contributed by atoms with Gasteiger partial charge in [-0.1, -0.05) is 0 Å². The molecule has 3 nitrogen and oxygen atoms in total. The van der Waals surface area contributed by atoms with Crippen molar-refractivity contribution in [2.45, 2.75) is 13.8 Å². The molecular formula is C15H16N2O. The van der Waals surface area contributed by atoms with E-state index in [0.29, 0.717) is 0 Å². The lowest BCUT2D eigenvalue weighted by molar-refractivity contribution is 0.415. The summed E-state index contributed by atoms with van der Waals surface area (Å²) >= 11 is 0. The Bertz CT molecular complexity index is 539. The van der Waals surface area contributed by atoms with E-state index < -0.39 is 0 Å². The number of ether oxygens (including phenoxy) is 1. The minimum Gasteiger partial charge on any atom is -0.497 e. The molecule has 2 aromatic rings. The molecule has 1 heterocycles. The first-order valence-electron chi connectivity index (χ1n) is 5.81. The summed E-state index contributed by atoms with van der Waals surface area (Å²) in [5.41, 5.74) is 3.18. The summed E-state index contributed by atoms with van der Waals surface area (Å²) in [6, 6.07) is 11.8. The van der Waals surface area contributed by atoms with E-state index in [-0.39, 0.29) is 0 Å². The van der Waals surface area contributed by atoms with E-state index in [4.69, 9.17) is 4.74 Å². The summed E-state index contributed by atoms with van der Waals surface area (Å²) in [5.74, 6) is 1.58. The molecule has 0 aliphatic carbocycles. The van der Waals surface area contributed by atoms with Crippen molar-refractivity contribution in [3.63, 3.8) is 0 Å². The lowest BCUT2D eigenvalue weighted by Crippen LogP contribution is -1.86. The first-order valence-corrected chi connectivity index (χ1v) is 5.81. The van der Waals surface area contributed by atoms with Crippen molar-refractivity contribution < 1.29 is 4.74 Å². The van der Waals surface area contributed by atoms with Crippen LogP contribution in [0, 0.1) is 13.8 Å². The Labute approximate surface area is 107 Å². The highest BCUT2D eigenvalue weighted by molar-refractivity contribution is 5.81. The average molecular weight is 240 g/mol. The number of benzene rings is 1. The number of hydrogen-bond donors (Lipinski definition) is 0. The zero-order chi connectivity index (χ0) is 13.0. The van der Waals surface area contributed by atoms with Gasteiger partial charge in [0.15, 0.2) is 5.82 Å². The van der Waals surface area contributed by atoms with Gasteiger partial charge in [-0.3, -0.25) is 0 Å². The molecule has 3 heteroatoms. The maximum Gasteiger partial charge on any atom is 0.152 e. The number of methoxy groups -OCH3 is 1. The molecule has 0 unspecified atom stereocenters. The summed E-state index contributed by atoms with van der Waals surface area (Å²) in [5, 5.41) is 0. The predicted octanol–water partition coefficient (Wildman–Crippen LogP) is 3.46. The van der Waals surface area contributed by atoms with Gasteiger partial charge in [0.2, 0.25) is 0 Å². The van der Waals surface area contributed by atoms with Gasteiger partial charge in [-0.05, 0) is 61.4 Å². The van der Waals surface area contributed by atoms with Gasteiger partial charge in [-0.15, -0.1) is 0 Å². The molecule has 0 saturated heterocycles. The van der Waals surface area contributed by atoms with E-state index >= 15 is 0 Å². The van der Waals surface area contributed by atoms with E-state index in [1.54, 1.807) is 13.3 Å². The zero-order valence-corrected chi connectivity index (χ0v) is 10.8. The topological polar surface area (TPSA) is 34.5 Å². The molecule has 18 heavy (non-hydrogen) atoms. The quantitative estimate of drug-likeness (QED) is 0.770. The van der Waals surface area contributed by atoms with Crippen LogP contribution in [0.4, 0.5) is 5.82 Å². The van der Waals surface area contributed by atoms with Gasteiger partial charge in [0, 0.05) is 11.9 Å². The molecule has 0 atom stereocenters. The molecule has 1 aromatic heterocycles. The van der Waals surface area contributed by atoms with Gasteiger partial charge in [-0.25, -0.2) is 9.98 Å². The highest BCUT2D eigenvalue weighted by Gasteiger charge is 1.95. The normalized spacial score (nSPS) is 10.8. The molecule has 0 bridgehead atoms. The lowest BCUT2D eigenvalue weighted by Gasteiger charge is -2.00. The number of aryl methyl sites for hydroxylation is 2. The predicted molar refractivity (Wildman–Crippen MR) is 74.0 cm³/mol. The van der Waals surface area contributed by atoms with E-state index in [9.17, 15) is 0 Å². The molecule has 0 N–H and O–H groups in total. The van der Waals surface area contributed by atoms with Crippen LogP contribution >= 0.6 is 0 Å². The van der Waals surface area contributed by atoms with Crippen LogP contribution in [0.2, 0.25) is 0 Å². The summed E-state index contributed by atoms with van der Waals surface area (Å²) in [6.07, 6.45) is 1.81. The highest BCUT2D eigenvalue weighted by Crippen LogP contribution is 2.14. The van der Waals surface area contributed by atoms with Crippen molar-refractivity contribution in [2.24, 2.45) is 4.99 Å². The van der Waals surface area contributed by atoms with Crippen molar-refractivity contribution >= 4 is 12.0 Å². The van der Waals surface area contributed by atoms with E-state index in [2.05, 4.69) is 9.98 Å². The Hall–Kier alpha value is -2.16. The molecule has 0 saturated carbocycles. The second kappa shape index (κ2) is 5.45. The van der Waals surface area contributed by atoms with Gasteiger partial charge >= 0.3 is 0 Å². The molecule has 0 fully saturated rings. The Kier molecular flexibility index (Phi) is 3.72. The SMILES string of the molecule is COc1ccc(/C=N/c2cc(C)cc(C)n2)cc1. The van der Waals surface area contributed by atoms with Gasteiger partial charge in [-0.2, -0.15) is 0 Å². The van der Waals surface area contributed by atoms with Gasteiger partial charge < -0.3 is 4.74 Å². The fraction of sp³-hybridized carbons (Fsp3) is 0.200. The summed E-state index contributed by atoms with van der Waals surface area (Å²) < 4.78 is 5.11. The van der Waals surface area contributed by atoms with Crippen molar-refractivity contribution in [3.05, 3.63) is 53.2 Å². The summed E-state index contributed by atoms with van der Waals surface area (Å²) in [7, 11) is 1.66. The average Bonchev–Trinajstić information content (AvgIpc) is 2.36. The van der Waals surface area contributed by atoms with E-state index in [0.717, 1.165) is 22.8 Å². The standard InChI is InChI=1S/C15H16N2O/c1-11-8-12(2)17-15(9-11)16-10-13-4-6-14(18-3)7-5-13/h4-10H,1-3H3/b16-10+. The Morgan fingerprint density at radius 1 is 1.11 bits per heavy atom. The fourth-order valence-electron chi connectivity index (χ4n) is 1.72. The lowest BCUT2D eigenvalue weighted by atomic mass is 10.2. The highest BCUT2D eigenvalue weighted by atomic mass is 16.5. The summed E-state index contributed by atoms with van der Waals surface area (Å²) in [6.45, 7) is 4.01. The molecule has 0 aliphatic rings. The Morgan fingerprint density at radius 2 is 1.83 bits per heavy atom. The fourth-order valence-corrected chi connectivity index (χ4v) is 1.72. The molecule has 92 valence electrons. The molecule has 0 radical (unpaired) electrons. The number of hydrogen-bond acceptors (Lipinski definition) is 3. The zero-order valence-electron chi connectivity index (χ0n) is 10.8. The summed E-state index contributed by atoms with van der Waals surface area (Å²) in [4.78, 5) is 8.74. The van der Waals surface area contributed by atoms with E-state index in [1.807, 2.05) is 50.2 Å².